The van der Waals surface area contributed by atoms with Gasteiger partial charge in [0.2, 0.25) is 0 Å². The molecule has 0 radical (unpaired) electrons. The van der Waals surface area contributed by atoms with E-state index in [0.29, 0.717) is 18.2 Å². The Morgan fingerprint density at radius 2 is 1.17 bits per heavy atom. The molecule has 0 spiro atoms. The van der Waals surface area contributed by atoms with Crippen LogP contribution in [0.1, 0.15) is 16.7 Å². The molecule has 0 N–H and O–H groups in total. The number of fused-ring (bicyclic) bond motifs is 6. The second-order valence-electron chi connectivity index (χ2n) is 12.8. The van der Waals surface area contributed by atoms with Crippen LogP contribution in [0, 0.1) is 0 Å². The van der Waals surface area contributed by atoms with E-state index in [0.717, 1.165) is 55.3 Å². The fourth-order valence-electron chi connectivity index (χ4n) is 7.14. The third-order valence-corrected chi connectivity index (χ3v) is 9.68. The summed E-state index contributed by atoms with van der Waals surface area (Å²) in [6.45, 7) is 4.47. The zero-order chi connectivity index (χ0) is 34.9. The Morgan fingerprint density at radius 3 is 1.96 bits per heavy atom. The third-order valence-electron chi connectivity index (χ3n) is 9.68. The van der Waals surface area contributed by atoms with Gasteiger partial charge in [-0.2, -0.15) is 0 Å². The normalized spacial score (nSPS) is 12.2. The van der Waals surface area contributed by atoms with E-state index < -0.39 is 0 Å². The molecule has 0 saturated carbocycles. The minimum atomic E-state index is 0.479. The van der Waals surface area contributed by atoms with Crippen molar-refractivity contribution in [3.8, 4) is 22.3 Å². The van der Waals surface area contributed by atoms with Gasteiger partial charge in [0.1, 0.15) is 11.2 Å². The van der Waals surface area contributed by atoms with Gasteiger partial charge in [-0.05, 0) is 80.3 Å². The van der Waals surface area contributed by atoms with E-state index in [1.807, 2.05) is 42.5 Å². The highest BCUT2D eigenvalue weighted by Crippen LogP contribution is 2.39. The molecule has 0 aliphatic carbocycles. The number of furan rings is 1. The average Bonchev–Trinajstić information content (AvgIpc) is 3.60. The lowest BCUT2D eigenvalue weighted by atomic mass is 9.92. The highest BCUT2D eigenvalue weighted by Gasteiger charge is 2.18. The first kappa shape index (κ1) is 31.1. The van der Waals surface area contributed by atoms with Gasteiger partial charge in [-0.3, -0.25) is 4.99 Å². The monoisotopic (exact) mass is 667 g/mol. The Kier molecular flexibility index (Phi) is 8.03. The van der Waals surface area contributed by atoms with Crippen molar-refractivity contribution in [2.24, 2.45) is 15.0 Å². The van der Waals surface area contributed by atoms with Gasteiger partial charge in [-0.25, -0.2) is 9.98 Å². The Hall–Kier alpha value is -6.91. The van der Waals surface area contributed by atoms with E-state index >= 15 is 0 Å². The van der Waals surface area contributed by atoms with E-state index in [1.54, 1.807) is 0 Å². The molecule has 0 atom stereocenters. The van der Waals surface area contributed by atoms with Crippen molar-refractivity contribution in [3.05, 3.63) is 193 Å². The summed E-state index contributed by atoms with van der Waals surface area (Å²) in [7, 11) is 0. The highest BCUT2D eigenvalue weighted by atomic mass is 16.3. The lowest BCUT2D eigenvalue weighted by molar-refractivity contribution is 0.669. The van der Waals surface area contributed by atoms with E-state index in [9.17, 15) is 0 Å². The maximum Gasteiger partial charge on any atom is 0.161 e. The van der Waals surface area contributed by atoms with Crippen molar-refractivity contribution in [2.45, 2.75) is 6.54 Å². The van der Waals surface area contributed by atoms with Gasteiger partial charge < -0.3 is 4.42 Å². The number of rotatable bonds is 6. The van der Waals surface area contributed by atoms with Crippen molar-refractivity contribution >= 4 is 61.9 Å². The predicted octanol–water partition coefficient (Wildman–Crippen LogP) is 12.3. The molecule has 0 aliphatic heterocycles. The lowest BCUT2D eigenvalue weighted by Crippen LogP contribution is -2.06. The fourth-order valence-corrected chi connectivity index (χ4v) is 7.14. The van der Waals surface area contributed by atoms with Crippen LogP contribution < -0.4 is 0 Å². The van der Waals surface area contributed by atoms with Crippen LogP contribution in [0.2, 0.25) is 0 Å². The van der Waals surface area contributed by atoms with Crippen LogP contribution in [0.15, 0.2) is 195 Å². The minimum Gasteiger partial charge on any atom is -0.456 e. The summed E-state index contributed by atoms with van der Waals surface area (Å²) < 4.78 is 6.44. The number of amidine groups is 2. The Labute approximate surface area is 301 Å². The van der Waals surface area contributed by atoms with Crippen LogP contribution in [-0.2, 0) is 6.54 Å². The largest absolute Gasteiger partial charge is 0.456 e. The zero-order valence-electron chi connectivity index (χ0n) is 28.4. The van der Waals surface area contributed by atoms with E-state index in [1.165, 1.54) is 27.1 Å². The van der Waals surface area contributed by atoms with Gasteiger partial charge in [0.05, 0.1) is 6.54 Å². The molecule has 0 fully saturated rings. The van der Waals surface area contributed by atoms with Crippen LogP contribution in [0.3, 0.4) is 0 Å². The van der Waals surface area contributed by atoms with Gasteiger partial charge in [-0.1, -0.05) is 152 Å². The SMILES string of the molecule is C=N/C(=N\C(=N/Cc1ccccc1)c1ccc(-c2ccccc2)cc1)c1cccc2oc3ccc(-c4cc5ccccc5c5ccccc45)cc3c12. The summed E-state index contributed by atoms with van der Waals surface area (Å²) >= 11 is 0. The topological polar surface area (TPSA) is 50.2 Å². The Morgan fingerprint density at radius 1 is 0.500 bits per heavy atom. The van der Waals surface area contributed by atoms with Crippen molar-refractivity contribution < 1.29 is 4.42 Å². The second kappa shape index (κ2) is 13.4. The molecule has 9 aromatic rings. The first-order valence-electron chi connectivity index (χ1n) is 17.4. The lowest BCUT2D eigenvalue weighted by Gasteiger charge is -2.11. The average molecular weight is 668 g/mol. The summed E-state index contributed by atoms with van der Waals surface area (Å²) in [4.78, 5) is 14.7. The maximum absolute atomic E-state index is 6.44. The number of aliphatic imine (C=N–C) groups is 3. The molecule has 0 amide bonds. The van der Waals surface area contributed by atoms with Crippen molar-refractivity contribution in [1.29, 1.82) is 0 Å². The van der Waals surface area contributed by atoms with Crippen molar-refractivity contribution in [3.63, 3.8) is 0 Å². The first-order valence-corrected chi connectivity index (χ1v) is 17.4. The van der Waals surface area contributed by atoms with Crippen LogP contribution in [-0.4, -0.2) is 18.4 Å². The molecule has 4 heteroatoms. The van der Waals surface area contributed by atoms with Gasteiger partial charge in [0.25, 0.3) is 0 Å². The molecule has 0 saturated heterocycles. The molecule has 0 aliphatic rings. The summed E-state index contributed by atoms with van der Waals surface area (Å²) in [6.07, 6.45) is 0. The number of nitrogens with zero attached hydrogens (tertiary/aromatic N) is 3. The second-order valence-corrected chi connectivity index (χ2v) is 12.8. The van der Waals surface area contributed by atoms with Gasteiger partial charge in [0, 0.05) is 21.9 Å². The molecule has 0 unspecified atom stereocenters. The van der Waals surface area contributed by atoms with Crippen LogP contribution in [0.25, 0.3) is 65.7 Å². The van der Waals surface area contributed by atoms with E-state index in [2.05, 4.69) is 145 Å². The zero-order valence-corrected chi connectivity index (χ0v) is 28.4. The van der Waals surface area contributed by atoms with Crippen LogP contribution in [0.5, 0.6) is 0 Å². The standard InChI is InChI=1S/C48H33N3O/c1-49-48(51-47(50-31-32-13-4-2-5-14-32)35-25-23-34(24-26-35)33-15-6-3-7-16-33)41-21-12-22-45-46(41)43-30-37(27-28-44(43)52-45)42-29-36-17-8-9-18-38(36)39-19-10-11-20-40(39)42/h2-30H,1,31H2/b50-47-,51-48-. The van der Waals surface area contributed by atoms with Crippen molar-refractivity contribution in [2.75, 3.05) is 0 Å². The summed E-state index contributed by atoms with van der Waals surface area (Å²) in [5.74, 6) is 1.06. The minimum absolute atomic E-state index is 0.479. The summed E-state index contributed by atoms with van der Waals surface area (Å²) in [5, 5.41) is 6.83. The quantitative estimate of drug-likeness (QED) is 0.0989. The molecule has 52 heavy (non-hydrogen) atoms. The smallest absolute Gasteiger partial charge is 0.161 e. The molecule has 9 rings (SSSR count). The fraction of sp³-hybridized carbons (Fsp3) is 0.0208. The molecule has 1 heterocycles. The first-order chi connectivity index (χ1) is 25.7. The Bertz CT molecular complexity index is 2810. The molecule has 1 aromatic heterocycles. The van der Waals surface area contributed by atoms with Gasteiger partial charge in [-0.15, -0.1) is 0 Å². The number of hydrogen-bond acceptors (Lipinski definition) is 2. The molecule has 8 aromatic carbocycles. The highest BCUT2D eigenvalue weighted by molar-refractivity contribution is 6.22. The van der Waals surface area contributed by atoms with E-state index in [4.69, 9.17) is 14.4 Å². The molecular weight excluding hydrogens is 635 g/mol. The molecule has 0 bridgehead atoms. The van der Waals surface area contributed by atoms with E-state index in [-0.39, 0.29) is 0 Å². The Balaban J connectivity index is 1.19. The summed E-state index contributed by atoms with van der Waals surface area (Å²) in [5.41, 5.74) is 8.96. The van der Waals surface area contributed by atoms with Crippen molar-refractivity contribution in [1.82, 2.24) is 0 Å². The third kappa shape index (κ3) is 5.76. The van der Waals surface area contributed by atoms with Crippen LogP contribution >= 0.6 is 0 Å². The number of hydrogen-bond donors (Lipinski definition) is 0. The van der Waals surface area contributed by atoms with Crippen LogP contribution in [0.4, 0.5) is 0 Å². The number of benzene rings is 8. The maximum atomic E-state index is 6.44. The van der Waals surface area contributed by atoms with Gasteiger partial charge >= 0.3 is 0 Å². The van der Waals surface area contributed by atoms with Gasteiger partial charge in [0.15, 0.2) is 11.7 Å². The molecular formula is C48H33N3O. The summed E-state index contributed by atoms with van der Waals surface area (Å²) in [6, 6.07) is 60.9. The molecule has 4 nitrogen and oxygen atoms in total. The molecule has 246 valence electrons. The predicted molar refractivity (Wildman–Crippen MR) is 219 cm³/mol.